The minimum Gasteiger partial charge on any atom is -0.339 e. The molecule has 0 bridgehead atoms. The highest BCUT2D eigenvalue weighted by Gasteiger charge is 2.46. The number of hydrogen-bond acceptors (Lipinski definition) is 4. The molecule has 0 aliphatic heterocycles. The molecule has 2 unspecified atom stereocenters. The maximum absolute atomic E-state index is 12.8. The Bertz CT molecular complexity index is 742. The summed E-state index contributed by atoms with van der Waals surface area (Å²) in [5, 5.41) is 3.97. The van der Waals surface area contributed by atoms with Crippen molar-refractivity contribution in [3.63, 3.8) is 0 Å². The SMILES string of the molecule is Cl.NC1(c2noc(C3CC3c3cccc(C(F)(F)F)c3)n2)CCC1. The standard InChI is InChI=1S/C16H16F3N3O.ClH/c17-16(18,19)10-4-1-3-9(7-10)11-8-12(11)13-21-14(22-23-13)15(20)5-2-6-15;/h1,3-4,7,11-12H,2,5-6,8,20H2;1H. The first-order valence-corrected chi connectivity index (χ1v) is 7.67. The Balaban J connectivity index is 0.00000169. The fourth-order valence-electron chi connectivity index (χ4n) is 3.15. The molecule has 4 nitrogen and oxygen atoms in total. The van der Waals surface area contributed by atoms with Crippen LogP contribution in [0.15, 0.2) is 28.8 Å². The third kappa shape index (κ3) is 2.91. The largest absolute Gasteiger partial charge is 0.416 e. The van der Waals surface area contributed by atoms with Crippen LogP contribution in [0.4, 0.5) is 13.2 Å². The van der Waals surface area contributed by atoms with E-state index in [-0.39, 0.29) is 24.2 Å². The molecule has 8 heteroatoms. The van der Waals surface area contributed by atoms with E-state index >= 15 is 0 Å². The number of alkyl halides is 3. The molecule has 1 aromatic heterocycles. The second-order valence-corrected chi connectivity index (χ2v) is 6.54. The van der Waals surface area contributed by atoms with Crippen molar-refractivity contribution in [2.75, 3.05) is 0 Å². The molecule has 2 aromatic rings. The summed E-state index contributed by atoms with van der Waals surface area (Å²) in [6, 6.07) is 5.45. The van der Waals surface area contributed by atoms with Gasteiger partial charge in [-0.15, -0.1) is 12.4 Å². The van der Waals surface area contributed by atoms with Crippen LogP contribution in [-0.4, -0.2) is 10.1 Å². The lowest BCUT2D eigenvalue weighted by Gasteiger charge is -2.34. The van der Waals surface area contributed by atoms with Gasteiger partial charge >= 0.3 is 6.18 Å². The van der Waals surface area contributed by atoms with Gasteiger partial charge in [-0.2, -0.15) is 18.2 Å². The summed E-state index contributed by atoms with van der Waals surface area (Å²) in [5.41, 5.74) is 5.72. The van der Waals surface area contributed by atoms with Gasteiger partial charge in [-0.1, -0.05) is 23.4 Å². The van der Waals surface area contributed by atoms with Gasteiger partial charge in [0.05, 0.1) is 11.1 Å². The fraction of sp³-hybridized carbons (Fsp3) is 0.500. The lowest BCUT2D eigenvalue weighted by atomic mass is 9.77. The summed E-state index contributed by atoms with van der Waals surface area (Å²) in [4.78, 5) is 4.39. The predicted molar refractivity (Wildman–Crippen MR) is 82.8 cm³/mol. The quantitative estimate of drug-likeness (QED) is 0.895. The molecule has 2 atom stereocenters. The topological polar surface area (TPSA) is 64.9 Å². The van der Waals surface area contributed by atoms with E-state index in [1.807, 2.05) is 0 Å². The van der Waals surface area contributed by atoms with Crippen LogP contribution < -0.4 is 5.73 Å². The Morgan fingerprint density at radius 3 is 2.58 bits per heavy atom. The lowest BCUT2D eigenvalue weighted by Crippen LogP contribution is -2.44. The number of halogens is 4. The van der Waals surface area contributed by atoms with Gasteiger partial charge in [0, 0.05) is 5.92 Å². The van der Waals surface area contributed by atoms with E-state index in [9.17, 15) is 13.2 Å². The zero-order valence-corrected chi connectivity index (χ0v) is 13.5. The monoisotopic (exact) mass is 359 g/mol. The highest BCUT2D eigenvalue weighted by atomic mass is 35.5. The smallest absolute Gasteiger partial charge is 0.339 e. The molecule has 0 spiro atoms. The van der Waals surface area contributed by atoms with Crippen LogP contribution in [0.3, 0.4) is 0 Å². The van der Waals surface area contributed by atoms with Gasteiger partial charge in [0.25, 0.3) is 0 Å². The number of benzene rings is 1. The van der Waals surface area contributed by atoms with E-state index < -0.39 is 17.3 Å². The molecule has 2 N–H and O–H groups in total. The highest BCUT2D eigenvalue weighted by molar-refractivity contribution is 5.85. The van der Waals surface area contributed by atoms with Crippen molar-refractivity contribution in [1.82, 2.24) is 10.1 Å². The molecule has 24 heavy (non-hydrogen) atoms. The van der Waals surface area contributed by atoms with Crippen LogP contribution >= 0.6 is 12.4 Å². The maximum Gasteiger partial charge on any atom is 0.416 e. The second-order valence-electron chi connectivity index (χ2n) is 6.54. The average molecular weight is 360 g/mol. The van der Waals surface area contributed by atoms with Crippen molar-refractivity contribution in [3.8, 4) is 0 Å². The number of rotatable bonds is 3. The van der Waals surface area contributed by atoms with Gasteiger partial charge < -0.3 is 10.3 Å². The molecular formula is C16H17ClF3N3O. The summed E-state index contributed by atoms with van der Waals surface area (Å²) in [6.45, 7) is 0. The van der Waals surface area contributed by atoms with Gasteiger partial charge in [0.2, 0.25) is 5.89 Å². The van der Waals surface area contributed by atoms with Crippen molar-refractivity contribution < 1.29 is 17.7 Å². The summed E-state index contributed by atoms with van der Waals surface area (Å²) < 4.78 is 43.7. The Hall–Kier alpha value is -1.60. The third-order valence-corrected chi connectivity index (χ3v) is 4.88. The van der Waals surface area contributed by atoms with Crippen LogP contribution in [0, 0.1) is 0 Å². The number of aromatic nitrogens is 2. The molecule has 1 aromatic carbocycles. The van der Waals surface area contributed by atoms with Gasteiger partial charge in [0.1, 0.15) is 0 Å². The van der Waals surface area contributed by atoms with Crippen molar-refractivity contribution in [3.05, 3.63) is 47.1 Å². The molecule has 2 fully saturated rings. The zero-order valence-electron chi connectivity index (χ0n) is 12.7. The Morgan fingerprint density at radius 2 is 1.96 bits per heavy atom. The van der Waals surface area contributed by atoms with Crippen LogP contribution in [0.5, 0.6) is 0 Å². The number of hydrogen-bond donors (Lipinski definition) is 1. The fourth-order valence-corrected chi connectivity index (χ4v) is 3.15. The van der Waals surface area contributed by atoms with Gasteiger partial charge in [-0.05, 0) is 43.2 Å². The molecule has 0 saturated heterocycles. The number of nitrogens with two attached hydrogens (primary N) is 1. The minimum atomic E-state index is -4.33. The predicted octanol–water partition coefficient (Wildman–Crippen LogP) is 4.12. The van der Waals surface area contributed by atoms with E-state index in [0.29, 0.717) is 17.3 Å². The van der Waals surface area contributed by atoms with Crippen LogP contribution in [0.2, 0.25) is 0 Å². The normalized spacial score (nSPS) is 24.8. The van der Waals surface area contributed by atoms with Crippen molar-refractivity contribution in [2.24, 2.45) is 5.73 Å². The maximum atomic E-state index is 12.8. The molecule has 4 rings (SSSR count). The van der Waals surface area contributed by atoms with E-state index in [1.54, 1.807) is 6.07 Å². The molecule has 2 aliphatic carbocycles. The summed E-state index contributed by atoms with van der Waals surface area (Å²) in [7, 11) is 0. The van der Waals surface area contributed by atoms with Crippen molar-refractivity contribution in [1.29, 1.82) is 0 Å². The van der Waals surface area contributed by atoms with E-state index in [2.05, 4.69) is 10.1 Å². The van der Waals surface area contributed by atoms with Gasteiger partial charge in [-0.25, -0.2) is 0 Å². The highest BCUT2D eigenvalue weighted by Crippen LogP contribution is 2.55. The molecule has 0 amide bonds. The molecule has 130 valence electrons. The first kappa shape index (κ1) is 17.2. The average Bonchev–Trinajstić information content (AvgIpc) is 3.13. The molecular weight excluding hydrogens is 343 g/mol. The van der Waals surface area contributed by atoms with E-state index in [1.165, 1.54) is 12.1 Å². The lowest BCUT2D eigenvalue weighted by molar-refractivity contribution is -0.137. The van der Waals surface area contributed by atoms with E-state index in [0.717, 1.165) is 31.7 Å². The van der Waals surface area contributed by atoms with Crippen molar-refractivity contribution >= 4 is 12.4 Å². The van der Waals surface area contributed by atoms with Gasteiger partial charge in [-0.3, -0.25) is 0 Å². The summed E-state index contributed by atoms with van der Waals surface area (Å²) >= 11 is 0. The first-order valence-electron chi connectivity index (χ1n) is 7.67. The summed E-state index contributed by atoms with van der Waals surface area (Å²) in [6.07, 6.45) is -0.868. The Kier molecular flexibility index (Phi) is 4.12. The van der Waals surface area contributed by atoms with Crippen molar-refractivity contribution in [2.45, 2.75) is 49.2 Å². The van der Waals surface area contributed by atoms with Crippen LogP contribution in [-0.2, 0) is 11.7 Å². The number of nitrogens with zero attached hydrogens (tertiary/aromatic N) is 2. The Morgan fingerprint density at radius 1 is 1.21 bits per heavy atom. The minimum absolute atomic E-state index is 0. The van der Waals surface area contributed by atoms with Crippen LogP contribution in [0.1, 0.15) is 60.4 Å². The molecule has 0 radical (unpaired) electrons. The van der Waals surface area contributed by atoms with Crippen LogP contribution in [0.25, 0.3) is 0 Å². The molecule has 2 saturated carbocycles. The molecule has 1 heterocycles. The zero-order chi connectivity index (χ0) is 16.2. The second kappa shape index (κ2) is 5.74. The summed E-state index contributed by atoms with van der Waals surface area (Å²) in [5.74, 6) is 0.997. The van der Waals surface area contributed by atoms with E-state index in [4.69, 9.17) is 10.3 Å². The Labute approximate surface area is 143 Å². The third-order valence-electron chi connectivity index (χ3n) is 4.88. The van der Waals surface area contributed by atoms with Gasteiger partial charge in [0.15, 0.2) is 5.82 Å². The first-order chi connectivity index (χ1) is 10.9. The molecule has 2 aliphatic rings.